The van der Waals surface area contributed by atoms with Gasteiger partial charge in [0.2, 0.25) is 5.91 Å². The van der Waals surface area contributed by atoms with Crippen molar-refractivity contribution in [2.75, 3.05) is 13.1 Å². The number of likely N-dealkylation sites (tertiary alicyclic amines) is 1. The highest BCUT2D eigenvalue weighted by Gasteiger charge is 2.50. The molecular weight excluding hydrogens is 370 g/mol. The van der Waals surface area contributed by atoms with Crippen LogP contribution in [0.4, 0.5) is 0 Å². The number of piperidine rings is 1. The zero-order valence-corrected chi connectivity index (χ0v) is 16.1. The van der Waals surface area contributed by atoms with Gasteiger partial charge in [0.15, 0.2) is 0 Å². The van der Waals surface area contributed by atoms with Crippen molar-refractivity contribution < 1.29 is 14.3 Å². The molecule has 150 valence electrons. The summed E-state index contributed by atoms with van der Waals surface area (Å²) in [4.78, 5) is 38.4. The molecule has 2 saturated heterocycles. The molecule has 1 N–H and O–H groups in total. The number of ether oxygens (including phenoxy) is 1. The second kappa shape index (κ2) is 7.02. The lowest BCUT2D eigenvalue weighted by Gasteiger charge is -2.36. The van der Waals surface area contributed by atoms with E-state index in [1.807, 2.05) is 29.2 Å². The second-order valence-electron chi connectivity index (χ2n) is 8.03. The van der Waals surface area contributed by atoms with E-state index in [2.05, 4.69) is 19.5 Å². The van der Waals surface area contributed by atoms with Crippen molar-refractivity contribution in [1.29, 1.82) is 0 Å². The third-order valence-electron chi connectivity index (χ3n) is 6.22. The van der Waals surface area contributed by atoms with Crippen LogP contribution in [-0.4, -0.2) is 55.5 Å². The normalized spacial score (nSPS) is 21.0. The molecule has 1 spiro atoms. The van der Waals surface area contributed by atoms with Gasteiger partial charge < -0.3 is 19.2 Å². The zero-order valence-electron chi connectivity index (χ0n) is 16.1. The topological polar surface area (TPSA) is 93.1 Å². The molecule has 1 unspecified atom stereocenters. The predicted octanol–water partition coefficient (Wildman–Crippen LogP) is 1.93. The van der Waals surface area contributed by atoms with Crippen LogP contribution in [0.5, 0.6) is 0 Å². The summed E-state index contributed by atoms with van der Waals surface area (Å²) in [5.74, 6) is -0.0514. The SMILES string of the molecule is O=C(Cc1cnc[nH]1)N1CCC2(CC1)CC(Cn1cnc3ccccc31)OC2=O. The van der Waals surface area contributed by atoms with E-state index in [1.54, 1.807) is 18.9 Å². The maximum Gasteiger partial charge on any atom is 0.312 e. The summed E-state index contributed by atoms with van der Waals surface area (Å²) in [6.07, 6.45) is 7.21. The second-order valence-corrected chi connectivity index (χ2v) is 8.03. The van der Waals surface area contributed by atoms with Crippen molar-refractivity contribution in [3.63, 3.8) is 0 Å². The van der Waals surface area contributed by atoms with Gasteiger partial charge >= 0.3 is 5.97 Å². The molecule has 0 aliphatic carbocycles. The van der Waals surface area contributed by atoms with Crippen LogP contribution < -0.4 is 0 Å². The Labute approximate surface area is 167 Å². The minimum absolute atomic E-state index is 0.0666. The Bertz CT molecular complexity index is 1030. The first-order valence-corrected chi connectivity index (χ1v) is 9.99. The summed E-state index contributed by atoms with van der Waals surface area (Å²) in [5, 5.41) is 0. The summed E-state index contributed by atoms with van der Waals surface area (Å²) in [6.45, 7) is 1.78. The zero-order chi connectivity index (χ0) is 19.8. The number of hydrogen-bond donors (Lipinski definition) is 1. The van der Waals surface area contributed by atoms with Crippen LogP contribution in [0.2, 0.25) is 0 Å². The first kappa shape index (κ1) is 17.9. The van der Waals surface area contributed by atoms with Crippen LogP contribution in [0.25, 0.3) is 11.0 Å². The number of imidazole rings is 2. The van der Waals surface area contributed by atoms with Gasteiger partial charge in [0, 0.05) is 31.4 Å². The van der Waals surface area contributed by atoms with E-state index < -0.39 is 5.41 Å². The fourth-order valence-electron chi connectivity index (χ4n) is 4.56. The Morgan fingerprint density at radius 2 is 2.10 bits per heavy atom. The molecule has 1 atom stereocenters. The standard InChI is InChI=1S/C21H23N5O3/c27-19(9-15-11-22-13-23-15)25-7-5-21(6-8-25)10-16(29-20(21)28)12-26-14-24-17-3-1-2-4-18(17)26/h1-4,11,13-14,16H,5-10,12H2,(H,22,23). The van der Waals surface area contributed by atoms with Gasteiger partial charge in [-0.25, -0.2) is 9.97 Å². The number of carbonyl (C=O) groups is 2. The van der Waals surface area contributed by atoms with Crippen molar-refractivity contribution in [3.05, 3.63) is 48.8 Å². The van der Waals surface area contributed by atoms with E-state index in [0.29, 0.717) is 45.3 Å². The van der Waals surface area contributed by atoms with Crippen LogP contribution in [0.1, 0.15) is 25.0 Å². The first-order valence-electron chi connectivity index (χ1n) is 9.99. The molecule has 1 aromatic carbocycles. The number of nitrogens with one attached hydrogen (secondary N) is 1. The van der Waals surface area contributed by atoms with E-state index in [4.69, 9.17) is 4.74 Å². The monoisotopic (exact) mass is 393 g/mol. The highest BCUT2D eigenvalue weighted by atomic mass is 16.6. The number of carbonyl (C=O) groups excluding carboxylic acids is 2. The number of esters is 1. The lowest BCUT2D eigenvalue weighted by Crippen LogP contribution is -2.45. The Balaban J connectivity index is 1.22. The molecule has 2 aliphatic heterocycles. The van der Waals surface area contributed by atoms with Crippen LogP contribution in [-0.2, 0) is 27.3 Å². The third kappa shape index (κ3) is 3.28. The molecule has 3 aromatic rings. The van der Waals surface area contributed by atoms with Crippen LogP contribution in [0.15, 0.2) is 43.1 Å². The van der Waals surface area contributed by atoms with Gasteiger partial charge in [0.05, 0.1) is 42.1 Å². The van der Waals surface area contributed by atoms with Crippen molar-refractivity contribution in [3.8, 4) is 0 Å². The minimum atomic E-state index is -0.466. The quantitative estimate of drug-likeness (QED) is 0.684. The Hall–Kier alpha value is -3.16. The fraction of sp³-hybridized carbons (Fsp3) is 0.429. The summed E-state index contributed by atoms with van der Waals surface area (Å²) in [6, 6.07) is 7.95. The van der Waals surface area contributed by atoms with E-state index in [0.717, 1.165) is 16.7 Å². The minimum Gasteiger partial charge on any atom is -0.460 e. The summed E-state index contributed by atoms with van der Waals surface area (Å²) in [5.41, 5.74) is 2.33. The average molecular weight is 393 g/mol. The van der Waals surface area contributed by atoms with Crippen LogP contribution >= 0.6 is 0 Å². The van der Waals surface area contributed by atoms with Gasteiger partial charge in [-0.15, -0.1) is 0 Å². The number of H-pyrrole nitrogens is 1. The summed E-state index contributed by atoms with van der Waals surface area (Å²) >= 11 is 0. The molecule has 1 amide bonds. The van der Waals surface area contributed by atoms with Crippen molar-refractivity contribution >= 4 is 22.9 Å². The molecule has 5 rings (SSSR count). The van der Waals surface area contributed by atoms with Gasteiger partial charge in [-0.1, -0.05) is 12.1 Å². The number of benzene rings is 1. The molecule has 4 heterocycles. The number of amides is 1. The van der Waals surface area contributed by atoms with Crippen LogP contribution in [0.3, 0.4) is 0 Å². The van der Waals surface area contributed by atoms with Gasteiger partial charge in [-0.2, -0.15) is 0 Å². The molecular formula is C21H23N5O3. The third-order valence-corrected chi connectivity index (χ3v) is 6.22. The Kier molecular flexibility index (Phi) is 4.34. The lowest BCUT2D eigenvalue weighted by molar-refractivity contribution is -0.152. The molecule has 2 aromatic heterocycles. The molecule has 29 heavy (non-hydrogen) atoms. The number of aromatic amines is 1. The molecule has 8 nitrogen and oxygen atoms in total. The van der Waals surface area contributed by atoms with Gasteiger partial charge in [0.1, 0.15) is 6.10 Å². The van der Waals surface area contributed by atoms with E-state index >= 15 is 0 Å². The molecule has 2 fully saturated rings. The Morgan fingerprint density at radius 3 is 2.90 bits per heavy atom. The predicted molar refractivity (Wildman–Crippen MR) is 105 cm³/mol. The smallest absolute Gasteiger partial charge is 0.312 e. The highest BCUT2D eigenvalue weighted by molar-refractivity contribution is 5.81. The van der Waals surface area contributed by atoms with Gasteiger partial charge in [-0.05, 0) is 25.0 Å². The number of hydrogen-bond acceptors (Lipinski definition) is 5. The molecule has 0 bridgehead atoms. The number of aromatic nitrogens is 4. The number of rotatable bonds is 4. The van der Waals surface area contributed by atoms with E-state index in [9.17, 15) is 9.59 Å². The van der Waals surface area contributed by atoms with Crippen LogP contribution in [0, 0.1) is 5.41 Å². The largest absolute Gasteiger partial charge is 0.460 e. The highest BCUT2D eigenvalue weighted by Crippen LogP contribution is 2.43. The maximum atomic E-state index is 12.7. The number of fused-ring (bicyclic) bond motifs is 1. The van der Waals surface area contributed by atoms with Crippen molar-refractivity contribution in [2.45, 2.75) is 38.3 Å². The fourth-order valence-corrected chi connectivity index (χ4v) is 4.56. The van der Waals surface area contributed by atoms with Gasteiger partial charge in [-0.3, -0.25) is 9.59 Å². The summed E-state index contributed by atoms with van der Waals surface area (Å²) < 4.78 is 7.80. The number of cyclic esters (lactones) is 1. The van der Waals surface area contributed by atoms with Crippen molar-refractivity contribution in [1.82, 2.24) is 24.4 Å². The molecule has 0 radical (unpaired) electrons. The van der Waals surface area contributed by atoms with E-state index in [1.165, 1.54) is 0 Å². The molecule has 8 heteroatoms. The summed E-state index contributed by atoms with van der Waals surface area (Å²) in [7, 11) is 0. The molecule has 2 aliphatic rings. The Morgan fingerprint density at radius 1 is 1.28 bits per heavy atom. The van der Waals surface area contributed by atoms with Crippen molar-refractivity contribution in [2.24, 2.45) is 5.41 Å². The van der Waals surface area contributed by atoms with E-state index in [-0.39, 0.29) is 18.0 Å². The maximum absolute atomic E-state index is 12.7. The van der Waals surface area contributed by atoms with Gasteiger partial charge in [0.25, 0.3) is 0 Å². The number of para-hydroxylation sites is 2. The molecule has 0 saturated carbocycles. The lowest BCUT2D eigenvalue weighted by atomic mass is 9.76. The number of nitrogens with zero attached hydrogens (tertiary/aromatic N) is 4. The average Bonchev–Trinajstić information content (AvgIpc) is 3.44. The first-order chi connectivity index (χ1) is 14.1.